The van der Waals surface area contributed by atoms with Gasteiger partial charge in [-0.15, -0.1) is 0 Å². The topological polar surface area (TPSA) is 52.6 Å². The third-order valence-electron chi connectivity index (χ3n) is 4.09. The predicted molar refractivity (Wildman–Crippen MR) is 65.7 cm³/mol. The van der Waals surface area contributed by atoms with Crippen LogP contribution in [-0.2, 0) is 19.1 Å². The zero-order valence-corrected chi connectivity index (χ0v) is 11.6. The van der Waals surface area contributed by atoms with Crippen molar-refractivity contribution < 1.29 is 19.1 Å². The molecule has 2 fully saturated rings. The summed E-state index contributed by atoms with van der Waals surface area (Å²) >= 11 is 0. The zero-order valence-electron chi connectivity index (χ0n) is 11.6. The third kappa shape index (κ3) is 2.25. The van der Waals surface area contributed by atoms with Crippen LogP contribution in [0.5, 0.6) is 0 Å². The van der Waals surface area contributed by atoms with Crippen molar-refractivity contribution in [2.45, 2.75) is 52.6 Å². The minimum atomic E-state index is -0.486. The van der Waals surface area contributed by atoms with Crippen LogP contribution in [0.25, 0.3) is 0 Å². The van der Waals surface area contributed by atoms with Crippen LogP contribution in [0.2, 0.25) is 0 Å². The first-order chi connectivity index (χ1) is 8.24. The molecule has 4 nitrogen and oxygen atoms in total. The summed E-state index contributed by atoms with van der Waals surface area (Å²) in [5.74, 6) is -0.555. The van der Waals surface area contributed by atoms with Crippen molar-refractivity contribution >= 4 is 11.9 Å². The highest BCUT2D eigenvalue weighted by molar-refractivity contribution is 5.82. The largest absolute Gasteiger partial charge is 0.465 e. The number of rotatable bonds is 1. The molecular weight excluding hydrogens is 232 g/mol. The number of hydrogen-bond acceptors (Lipinski definition) is 4. The summed E-state index contributed by atoms with van der Waals surface area (Å²) < 4.78 is 10.6. The van der Waals surface area contributed by atoms with Gasteiger partial charge >= 0.3 is 11.9 Å². The molecule has 2 aliphatic rings. The lowest BCUT2D eigenvalue weighted by atomic mass is 9.64. The van der Waals surface area contributed by atoms with Crippen molar-refractivity contribution in [1.82, 2.24) is 0 Å². The number of ether oxygens (including phenoxy) is 2. The molecule has 1 aliphatic heterocycles. The number of carbonyl (C=O) groups excluding carboxylic acids is 2. The van der Waals surface area contributed by atoms with Crippen LogP contribution < -0.4 is 0 Å². The standard InChI is InChI=1S/C14H22O4/c1-13(2,3)18-11(15)9-6-5-7-14(4)10(9)8-17-12(14)16/h9-10H,5-8H2,1-4H3/t9-,10-,14+/m0/s1. The van der Waals surface area contributed by atoms with E-state index in [0.717, 1.165) is 19.3 Å². The molecule has 1 aliphatic carbocycles. The molecule has 0 N–H and O–H groups in total. The van der Waals surface area contributed by atoms with Crippen molar-refractivity contribution in [3.8, 4) is 0 Å². The van der Waals surface area contributed by atoms with Gasteiger partial charge in [0.25, 0.3) is 0 Å². The van der Waals surface area contributed by atoms with Crippen molar-refractivity contribution in [3.63, 3.8) is 0 Å². The Morgan fingerprint density at radius 2 is 2.11 bits per heavy atom. The van der Waals surface area contributed by atoms with E-state index >= 15 is 0 Å². The molecular formula is C14H22O4. The fourth-order valence-corrected chi connectivity index (χ4v) is 3.06. The molecule has 0 aromatic heterocycles. The molecule has 2 rings (SSSR count). The lowest BCUT2D eigenvalue weighted by Crippen LogP contribution is -2.43. The number of carbonyl (C=O) groups is 2. The third-order valence-corrected chi connectivity index (χ3v) is 4.09. The van der Waals surface area contributed by atoms with Crippen molar-refractivity contribution in [1.29, 1.82) is 0 Å². The monoisotopic (exact) mass is 254 g/mol. The Morgan fingerprint density at radius 3 is 2.72 bits per heavy atom. The van der Waals surface area contributed by atoms with E-state index in [1.807, 2.05) is 27.7 Å². The summed E-state index contributed by atoms with van der Waals surface area (Å²) in [5.41, 5.74) is -0.964. The number of fused-ring (bicyclic) bond motifs is 1. The van der Waals surface area contributed by atoms with Crippen LogP contribution in [0.4, 0.5) is 0 Å². The summed E-state index contributed by atoms with van der Waals surface area (Å²) in [6.45, 7) is 7.87. The average Bonchev–Trinajstić information content (AvgIpc) is 2.52. The van der Waals surface area contributed by atoms with Gasteiger partial charge in [0, 0.05) is 5.92 Å². The van der Waals surface area contributed by atoms with E-state index in [9.17, 15) is 9.59 Å². The van der Waals surface area contributed by atoms with Crippen LogP contribution in [0, 0.1) is 17.3 Å². The van der Waals surface area contributed by atoms with E-state index in [2.05, 4.69) is 0 Å². The Kier molecular flexibility index (Phi) is 3.16. The van der Waals surface area contributed by atoms with Crippen LogP contribution >= 0.6 is 0 Å². The van der Waals surface area contributed by atoms with Crippen molar-refractivity contribution in [2.75, 3.05) is 6.61 Å². The van der Waals surface area contributed by atoms with E-state index in [1.54, 1.807) is 0 Å². The first kappa shape index (κ1) is 13.4. The molecule has 102 valence electrons. The van der Waals surface area contributed by atoms with Gasteiger partial charge in [0.1, 0.15) is 5.60 Å². The van der Waals surface area contributed by atoms with Crippen molar-refractivity contribution in [3.05, 3.63) is 0 Å². The second kappa shape index (κ2) is 4.25. The molecule has 0 radical (unpaired) electrons. The quantitative estimate of drug-likeness (QED) is 0.674. The van der Waals surface area contributed by atoms with E-state index in [4.69, 9.17) is 9.47 Å². The normalized spacial score (nSPS) is 35.9. The Labute approximate surface area is 108 Å². The fourth-order valence-electron chi connectivity index (χ4n) is 3.06. The summed E-state index contributed by atoms with van der Waals surface area (Å²) in [5, 5.41) is 0. The fraction of sp³-hybridized carbons (Fsp3) is 0.857. The molecule has 0 bridgehead atoms. The maximum Gasteiger partial charge on any atom is 0.312 e. The van der Waals surface area contributed by atoms with E-state index < -0.39 is 11.0 Å². The second-order valence-corrected chi connectivity index (χ2v) is 6.65. The van der Waals surface area contributed by atoms with Gasteiger partial charge in [-0.25, -0.2) is 0 Å². The smallest absolute Gasteiger partial charge is 0.312 e. The molecule has 1 saturated heterocycles. The Balaban J connectivity index is 2.15. The number of esters is 2. The van der Waals surface area contributed by atoms with Crippen LogP contribution in [0.3, 0.4) is 0 Å². The number of hydrogen-bond donors (Lipinski definition) is 0. The van der Waals surface area contributed by atoms with Crippen molar-refractivity contribution in [2.24, 2.45) is 17.3 Å². The van der Waals surface area contributed by atoms with Gasteiger partial charge in [-0.05, 0) is 40.5 Å². The molecule has 0 aromatic rings. The minimum Gasteiger partial charge on any atom is -0.465 e. The highest BCUT2D eigenvalue weighted by atomic mass is 16.6. The number of cyclic esters (lactones) is 1. The molecule has 0 spiro atoms. The second-order valence-electron chi connectivity index (χ2n) is 6.65. The van der Waals surface area contributed by atoms with E-state index in [1.165, 1.54) is 0 Å². The van der Waals surface area contributed by atoms with Gasteiger partial charge < -0.3 is 9.47 Å². The first-order valence-electron chi connectivity index (χ1n) is 6.64. The molecule has 0 unspecified atom stereocenters. The summed E-state index contributed by atoms with van der Waals surface area (Å²) in [7, 11) is 0. The highest BCUT2D eigenvalue weighted by Crippen LogP contribution is 2.49. The maximum atomic E-state index is 12.2. The SMILES string of the molecule is CC(C)(C)OC(=O)[C@H]1CCC[C@@]2(C)C(=O)OC[C@@H]12. The van der Waals surface area contributed by atoms with Gasteiger partial charge in [-0.2, -0.15) is 0 Å². The van der Waals surface area contributed by atoms with E-state index in [-0.39, 0.29) is 23.8 Å². The molecule has 4 heteroatoms. The lowest BCUT2D eigenvalue weighted by Gasteiger charge is -2.37. The molecule has 0 amide bonds. The van der Waals surface area contributed by atoms with E-state index in [0.29, 0.717) is 6.61 Å². The Hall–Kier alpha value is -1.06. The zero-order chi connectivity index (χ0) is 13.6. The van der Waals surface area contributed by atoms with Gasteiger partial charge in [0.2, 0.25) is 0 Å². The van der Waals surface area contributed by atoms with Crippen LogP contribution in [0.15, 0.2) is 0 Å². The summed E-state index contributed by atoms with van der Waals surface area (Å²) in [6, 6.07) is 0. The predicted octanol–water partition coefficient (Wildman–Crippen LogP) is 2.31. The molecule has 0 aromatic carbocycles. The van der Waals surface area contributed by atoms with Crippen LogP contribution in [-0.4, -0.2) is 24.1 Å². The highest BCUT2D eigenvalue weighted by Gasteiger charge is 2.55. The summed E-state index contributed by atoms with van der Waals surface area (Å²) in [4.78, 5) is 24.0. The van der Waals surface area contributed by atoms with Gasteiger partial charge in [-0.3, -0.25) is 9.59 Å². The molecule has 1 heterocycles. The lowest BCUT2D eigenvalue weighted by molar-refractivity contribution is -0.165. The Bertz CT molecular complexity index is 368. The first-order valence-corrected chi connectivity index (χ1v) is 6.64. The van der Waals surface area contributed by atoms with Gasteiger partial charge in [0.05, 0.1) is 17.9 Å². The van der Waals surface area contributed by atoms with Gasteiger partial charge in [0.15, 0.2) is 0 Å². The molecule has 3 atom stereocenters. The minimum absolute atomic E-state index is 0.0198. The Morgan fingerprint density at radius 1 is 1.44 bits per heavy atom. The van der Waals surface area contributed by atoms with Gasteiger partial charge in [-0.1, -0.05) is 6.42 Å². The average molecular weight is 254 g/mol. The molecule has 1 saturated carbocycles. The van der Waals surface area contributed by atoms with Crippen LogP contribution in [0.1, 0.15) is 47.0 Å². The molecule has 18 heavy (non-hydrogen) atoms. The maximum absolute atomic E-state index is 12.2. The summed E-state index contributed by atoms with van der Waals surface area (Å²) in [6.07, 6.45) is 2.49.